The lowest BCUT2D eigenvalue weighted by molar-refractivity contribution is -0.133. The number of aromatic nitrogens is 2. The lowest BCUT2D eigenvalue weighted by atomic mass is 10.1. The first-order valence-electron chi connectivity index (χ1n) is 9.97. The average molecular weight is 459 g/mol. The van der Waals surface area contributed by atoms with E-state index in [2.05, 4.69) is 9.27 Å². The predicted molar refractivity (Wildman–Crippen MR) is 121 cm³/mol. The van der Waals surface area contributed by atoms with Gasteiger partial charge in [0, 0.05) is 49.2 Å². The van der Waals surface area contributed by atoms with E-state index in [1.54, 1.807) is 31.4 Å². The molecule has 0 aliphatic carbocycles. The first-order valence-corrected chi connectivity index (χ1v) is 11.1. The van der Waals surface area contributed by atoms with E-state index in [-0.39, 0.29) is 12.5 Å². The largest absolute Gasteiger partial charge is 0.497 e. The van der Waals surface area contributed by atoms with Gasteiger partial charge in [-0.05, 0) is 42.0 Å². The van der Waals surface area contributed by atoms with Gasteiger partial charge < -0.3 is 19.3 Å². The molecule has 3 aromatic rings. The second kappa shape index (κ2) is 9.98. The Morgan fingerprint density at radius 3 is 2.61 bits per heavy atom. The normalized spacial score (nSPS) is 13.9. The highest BCUT2D eigenvalue weighted by molar-refractivity contribution is 7.09. The Hall–Kier alpha value is -2.84. The Balaban J connectivity index is 1.26. The van der Waals surface area contributed by atoms with Gasteiger partial charge in [-0.25, -0.2) is 4.98 Å². The number of carbonyl (C=O) groups excluding carboxylic acids is 1. The minimum Gasteiger partial charge on any atom is -0.497 e. The van der Waals surface area contributed by atoms with Crippen LogP contribution in [0.2, 0.25) is 5.02 Å². The summed E-state index contributed by atoms with van der Waals surface area (Å²) < 4.78 is 15.4. The molecule has 0 N–H and O–H groups in total. The van der Waals surface area contributed by atoms with Crippen molar-refractivity contribution in [2.45, 2.75) is 6.42 Å². The Morgan fingerprint density at radius 2 is 1.87 bits per heavy atom. The van der Waals surface area contributed by atoms with Crippen molar-refractivity contribution in [3.8, 4) is 11.5 Å². The SMILES string of the molecule is COc1cccc(Cc2nsc(N3CCN(C(=O)COc4ccc(Cl)cc4)CC3)n2)c1. The Labute approximate surface area is 190 Å². The third kappa shape index (κ3) is 5.65. The molecule has 2 heterocycles. The van der Waals surface area contributed by atoms with E-state index in [1.165, 1.54) is 11.5 Å². The van der Waals surface area contributed by atoms with E-state index >= 15 is 0 Å². The Bertz CT molecular complexity index is 1020. The van der Waals surface area contributed by atoms with Gasteiger partial charge in [0.25, 0.3) is 5.91 Å². The van der Waals surface area contributed by atoms with Crippen LogP contribution >= 0.6 is 23.1 Å². The van der Waals surface area contributed by atoms with Crippen molar-refractivity contribution >= 4 is 34.2 Å². The fourth-order valence-corrected chi connectivity index (χ4v) is 4.19. The van der Waals surface area contributed by atoms with Gasteiger partial charge in [-0.15, -0.1) is 0 Å². The van der Waals surface area contributed by atoms with Gasteiger partial charge in [0.15, 0.2) is 6.61 Å². The Kier molecular flexibility index (Phi) is 6.89. The quantitative estimate of drug-likeness (QED) is 0.539. The van der Waals surface area contributed by atoms with Gasteiger partial charge in [0.2, 0.25) is 5.13 Å². The molecular formula is C22H23ClN4O3S. The molecule has 1 fully saturated rings. The predicted octanol–water partition coefficient (Wildman–Crippen LogP) is 3.52. The number of amides is 1. The van der Waals surface area contributed by atoms with Crippen LogP contribution in [0.3, 0.4) is 0 Å². The molecule has 4 rings (SSSR count). The topological polar surface area (TPSA) is 67.8 Å². The number of hydrogen-bond acceptors (Lipinski definition) is 7. The van der Waals surface area contributed by atoms with E-state index in [1.807, 2.05) is 29.2 Å². The van der Waals surface area contributed by atoms with E-state index < -0.39 is 0 Å². The summed E-state index contributed by atoms with van der Waals surface area (Å²) in [4.78, 5) is 21.2. The zero-order chi connectivity index (χ0) is 21.6. The number of piperazine rings is 1. The van der Waals surface area contributed by atoms with E-state index in [0.717, 1.165) is 35.4 Å². The summed E-state index contributed by atoms with van der Waals surface area (Å²) in [5.41, 5.74) is 1.11. The number of hydrogen-bond donors (Lipinski definition) is 0. The standard InChI is InChI=1S/C22H23ClN4O3S/c1-29-19-4-2-3-16(13-19)14-20-24-22(31-25-20)27-11-9-26(10-12-27)21(28)15-30-18-7-5-17(23)6-8-18/h2-8,13H,9-12,14-15H2,1H3. The van der Waals surface area contributed by atoms with Crippen molar-refractivity contribution in [3.05, 3.63) is 64.9 Å². The first kappa shape index (κ1) is 21.4. The molecular weight excluding hydrogens is 436 g/mol. The highest BCUT2D eigenvalue weighted by Gasteiger charge is 2.23. The molecule has 162 valence electrons. The maximum atomic E-state index is 12.5. The minimum atomic E-state index is -0.0226. The van der Waals surface area contributed by atoms with E-state index in [4.69, 9.17) is 26.1 Å². The third-order valence-corrected chi connectivity index (χ3v) is 6.10. The molecule has 0 spiro atoms. The van der Waals surface area contributed by atoms with Crippen LogP contribution in [0.4, 0.5) is 5.13 Å². The smallest absolute Gasteiger partial charge is 0.260 e. The van der Waals surface area contributed by atoms with Gasteiger partial charge in [0.05, 0.1) is 7.11 Å². The molecule has 1 saturated heterocycles. The van der Waals surface area contributed by atoms with Gasteiger partial charge in [-0.2, -0.15) is 4.37 Å². The summed E-state index contributed by atoms with van der Waals surface area (Å²) in [5.74, 6) is 2.23. The zero-order valence-corrected chi connectivity index (χ0v) is 18.7. The summed E-state index contributed by atoms with van der Waals surface area (Å²) in [6.07, 6.45) is 0.661. The highest BCUT2D eigenvalue weighted by Crippen LogP contribution is 2.22. The molecule has 0 bridgehead atoms. The molecule has 7 nitrogen and oxygen atoms in total. The molecule has 1 aliphatic heterocycles. The number of benzene rings is 2. The van der Waals surface area contributed by atoms with Crippen molar-refractivity contribution < 1.29 is 14.3 Å². The van der Waals surface area contributed by atoms with Gasteiger partial charge >= 0.3 is 0 Å². The summed E-state index contributed by atoms with van der Waals surface area (Å²) in [6.45, 7) is 2.73. The zero-order valence-electron chi connectivity index (χ0n) is 17.2. The van der Waals surface area contributed by atoms with Crippen LogP contribution in [0.1, 0.15) is 11.4 Å². The van der Waals surface area contributed by atoms with E-state index in [9.17, 15) is 4.79 Å². The van der Waals surface area contributed by atoms with Crippen molar-refractivity contribution in [3.63, 3.8) is 0 Å². The molecule has 2 aromatic carbocycles. The van der Waals surface area contributed by atoms with Crippen LogP contribution in [0.25, 0.3) is 0 Å². The van der Waals surface area contributed by atoms with E-state index in [0.29, 0.717) is 30.3 Å². The monoisotopic (exact) mass is 458 g/mol. The van der Waals surface area contributed by atoms with Gasteiger partial charge in [-0.3, -0.25) is 4.79 Å². The number of ether oxygens (including phenoxy) is 2. The molecule has 0 atom stereocenters. The Morgan fingerprint density at radius 1 is 1.10 bits per heavy atom. The minimum absolute atomic E-state index is 0.0190. The van der Waals surface area contributed by atoms with Crippen LogP contribution in [-0.2, 0) is 11.2 Å². The van der Waals surface area contributed by atoms with Crippen molar-refractivity contribution in [2.75, 3.05) is 44.8 Å². The fourth-order valence-electron chi connectivity index (χ4n) is 3.32. The molecule has 0 radical (unpaired) electrons. The highest BCUT2D eigenvalue weighted by atomic mass is 35.5. The number of rotatable bonds is 7. The van der Waals surface area contributed by atoms with Crippen LogP contribution in [0.5, 0.6) is 11.5 Å². The van der Waals surface area contributed by atoms with Crippen LogP contribution < -0.4 is 14.4 Å². The first-order chi connectivity index (χ1) is 15.1. The molecule has 9 heteroatoms. The van der Waals surface area contributed by atoms with Gasteiger partial charge in [0.1, 0.15) is 17.3 Å². The molecule has 1 aromatic heterocycles. The van der Waals surface area contributed by atoms with Crippen molar-refractivity contribution in [1.82, 2.24) is 14.3 Å². The molecule has 0 unspecified atom stereocenters. The lowest BCUT2D eigenvalue weighted by Crippen LogP contribution is -2.50. The molecule has 1 amide bonds. The average Bonchev–Trinajstić information content (AvgIpc) is 3.27. The molecule has 1 aliphatic rings. The van der Waals surface area contributed by atoms with Crippen molar-refractivity contribution in [2.24, 2.45) is 0 Å². The second-order valence-corrected chi connectivity index (χ2v) is 8.30. The second-order valence-electron chi connectivity index (χ2n) is 7.13. The summed E-state index contributed by atoms with van der Waals surface area (Å²) in [7, 11) is 1.66. The summed E-state index contributed by atoms with van der Waals surface area (Å²) >= 11 is 7.26. The summed E-state index contributed by atoms with van der Waals surface area (Å²) in [6, 6.07) is 14.9. The number of methoxy groups -OCH3 is 1. The number of halogens is 1. The number of carbonyl (C=O) groups is 1. The fraction of sp³-hybridized carbons (Fsp3) is 0.318. The molecule has 31 heavy (non-hydrogen) atoms. The maximum Gasteiger partial charge on any atom is 0.260 e. The maximum absolute atomic E-state index is 12.5. The van der Waals surface area contributed by atoms with Crippen LogP contribution in [-0.4, -0.2) is 60.1 Å². The number of nitrogens with zero attached hydrogens (tertiary/aromatic N) is 4. The van der Waals surface area contributed by atoms with Crippen molar-refractivity contribution in [1.29, 1.82) is 0 Å². The van der Waals surface area contributed by atoms with Gasteiger partial charge in [-0.1, -0.05) is 23.7 Å². The van der Waals surface area contributed by atoms with Crippen LogP contribution in [0, 0.1) is 0 Å². The lowest BCUT2D eigenvalue weighted by Gasteiger charge is -2.34. The third-order valence-electron chi connectivity index (χ3n) is 5.03. The summed E-state index contributed by atoms with van der Waals surface area (Å²) in [5, 5.41) is 1.53. The van der Waals surface area contributed by atoms with Crippen LogP contribution in [0.15, 0.2) is 48.5 Å². The molecule has 0 saturated carbocycles. The number of anilines is 1.